The van der Waals surface area contributed by atoms with E-state index in [1.807, 2.05) is 63.4 Å². The third-order valence-electron chi connectivity index (χ3n) is 5.22. The Morgan fingerprint density at radius 3 is 2.61 bits per heavy atom. The number of carbonyl (C=O) groups excluding carboxylic acids is 1. The van der Waals surface area contributed by atoms with Crippen molar-refractivity contribution in [3.8, 4) is 17.0 Å². The monoisotopic (exact) mass is 434 g/mol. The van der Waals surface area contributed by atoms with Gasteiger partial charge in [-0.05, 0) is 49.6 Å². The summed E-state index contributed by atoms with van der Waals surface area (Å²) in [4.78, 5) is 17.4. The molecule has 4 rings (SSSR count). The van der Waals surface area contributed by atoms with Crippen LogP contribution in [0.1, 0.15) is 18.2 Å². The summed E-state index contributed by atoms with van der Waals surface area (Å²) in [6.07, 6.45) is -0.763. The number of aryl methyl sites for hydroxylation is 2. The summed E-state index contributed by atoms with van der Waals surface area (Å²) >= 11 is 6.15. The van der Waals surface area contributed by atoms with Gasteiger partial charge in [0.15, 0.2) is 11.8 Å². The minimum absolute atomic E-state index is 0.283. The number of halogens is 1. The lowest BCUT2D eigenvalue weighted by Gasteiger charge is -2.16. The number of hydrogen-bond donors (Lipinski definition) is 1. The lowest BCUT2D eigenvalue weighted by molar-refractivity contribution is -0.122. The second kappa shape index (κ2) is 8.40. The molecule has 0 saturated heterocycles. The Morgan fingerprint density at radius 1 is 1.13 bits per heavy atom. The molecule has 0 spiro atoms. The molecular weight excluding hydrogens is 412 g/mol. The van der Waals surface area contributed by atoms with Crippen LogP contribution in [0.15, 0.2) is 54.6 Å². The van der Waals surface area contributed by atoms with Gasteiger partial charge in [-0.3, -0.25) is 9.48 Å². The molecule has 2 aromatic heterocycles. The standard InChI is InChI=1S/C24H23ClN4O2/c1-14-19(25)11-8-12-20(14)26-24(30)16(3)31-21-13-18(17-9-6-5-7-10-17)22-15(2)28-29(4)23(22)27-21/h5-13,16H,1-4H3,(H,26,30)/t16-/m1/s1. The Labute approximate surface area is 185 Å². The molecule has 0 aliphatic carbocycles. The van der Waals surface area contributed by atoms with E-state index in [1.165, 1.54) is 0 Å². The third-order valence-corrected chi connectivity index (χ3v) is 5.63. The number of nitrogens with zero attached hydrogens (tertiary/aromatic N) is 3. The summed E-state index contributed by atoms with van der Waals surface area (Å²) in [5.41, 5.74) is 5.04. The lowest BCUT2D eigenvalue weighted by Crippen LogP contribution is -2.30. The molecule has 1 N–H and O–H groups in total. The summed E-state index contributed by atoms with van der Waals surface area (Å²) in [5, 5.41) is 8.95. The summed E-state index contributed by atoms with van der Waals surface area (Å²) in [6, 6.07) is 17.2. The van der Waals surface area contributed by atoms with Crippen LogP contribution in [0.4, 0.5) is 5.69 Å². The molecule has 158 valence electrons. The van der Waals surface area contributed by atoms with Crippen molar-refractivity contribution < 1.29 is 9.53 Å². The second-order valence-corrected chi connectivity index (χ2v) is 7.85. The van der Waals surface area contributed by atoms with Gasteiger partial charge in [0.1, 0.15) is 0 Å². The number of nitrogens with one attached hydrogen (secondary N) is 1. The molecule has 31 heavy (non-hydrogen) atoms. The average molecular weight is 435 g/mol. The van der Waals surface area contributed by atoms with E-state index in [2.05, 4.69) is 15.4 Å². The Bertz CT molecular complexity index is 1270. The Morgan fingerprint density at radius 2 is 1.87 bits per heavy atom. The zero-order valence-electron chi connectivity index (χ0n) is 17.8. The molecule has 0 bridgehead atoms. The van der Waals surface area contributed by atoms with E-state index < -0.39 is 6.10 Å². The number of anilines is 1. The first-order valence-corrected chi connectivity index (χ1v) is 10.4. The number of ether oxygens (including phenoxy) is 1. The largest absolute Gasteiger partial charge is 0.464 e. The van der Waals surface area contributed by atoms with E-state index in [4.69, 9.17) is 16.3 Å². The Balaban J connectivity index is 1.66. The SMILES string of the molecule is Cc1c(Cl)cccc1NC(=O)[C@@H](C)Oc1cc(-c2ccccc2)c2c(C)nn(C)c2n1. The first-order chi connectivity index (χ1) is 14.8. The number of pyridine rings is 1. The number of aromatic nitrogens is 3. The van der Waals surface area contributed by atoms with E-state index in [9.17, 15) is 4.79 Å². The normalized spacial score (nSPS) is 12.0. The van der Waals surface area contributed by atoms with E-state index >= 15 is 0 Å². The van der Waals surface area contributed by atoms with Crippen LogP contribution in [-0.2, 0) is 11.8 Å². The number of carbonyl (C=O) groups is 1. The summed E-state index contributed by atoms with van der Waals surface area (Å²) in [5.74, 6) is 0.0783. The molecule has 0 saturated carbocycles. The first-order valence-electron chi connectivity index (χ1n) is 9.97. The van der Waals surface area contributed by atoms with E-state index in [1.54, 1.807) is 23.7 Å². The number of amides is 1. The fraction of sp³-hybridized carbons (Fsp3) is 0.208. The molecule has 0 fully saturated rings. The highest BCUT2D eigenvalue weighted by Gasteiger charge is 2.20. The van der Waals surface area contributed by atoms with Crippen LogP contribution >= 0.6 is 11.6 Å². The number of rotatable bonds is 5. The molecular formula is C24H23ClN4O2. The topological polar surface area (TPSA) is 69.0 Å². The van der Waals surface area contributed by atoms with Crippen molar-refractivity contribution in [2.75, 3.05) is 5.32 Å². The predicted molar refractivity (Wildman–Crippen MR) is 124 cm³/mol. The van der Waals surface area contributed by atoms with Crippen molar-refractivity contribution in [2.45, 2.75) is 26.9 Å². The fourth-order valence-electron chi connectivity index (χ4n) is 3.54. The average Bonchev–Trinajstić information content (AvgIpc) is 3.05. The van der Waals surface area contributed by atoms with Gasteiger partial charge in [-0.25, -0.2) is 0 Å². The van der Waals surface area contributed by atoms with E-state index in [0.717, 1.165) is 27.8 Å². The highest BCUT2D eigenvalue weighted by Crippen LogP contribution is 2.33. The van der Waals surface area contributed by atoms with Gasteiger partial charge in [-0.1, -0.05) is 48.0 Å². The number of hydrogen-bond acceptors (Lipinski definition) is 4. The van der Waals surface area contributed by atoms with Gasteiger partial charge in [-0.2, -0.15) is 10.1 Å². The molecule has 0 unspecified atom stereocenters. The van der Waals surface area contributed by atoms with E-state index in [-0.39, 0.29) is 5.91 Å². The minimum Gasteiger partial charge on any atom is -0.464 e. The summed E-state index contributed by atoms with van der Waals surface area (Å²) in [7, 11) is 1.85. The quantitative estimate of drug-likeness (QED) is 0.462. The van der Waals surface area contributed by atoms with Gasteiger partial charge >= 0.3 is 0 Å². The molecule has 1 atom stereocenters. The Hall–Kier alpha value is -3.38. The van der Waals surface area contributed by atoms with Crippen molar-refractivity contribution in [1.82, 2.24) is 14.8 Å². The summed E-state index contributed by atoms with van der Waals surface area (Å²) in [6.45, 7) is 5.51. The molecule has 0 aliphatic heterocycles. The zero-order valence-corrected chi connectivity index (χ0v) is 18.6. The van der Waals surface area contributed by atoms with Crippen LogP contribution in [0.25, 0.3) is 22.2 Å². The molecule has 6 nitrogen and oxygen atoms in total. The number of benzene rings is 2. The van der Waals surface area contributed by atoms with Gasteiger partial charge in [-0.15, -0.1) is 0 Å². The molecule has 0 aliphatic rings. The third kappa shape index (κ3) is 4.11. The van der Waals surface area contributed by atoms with Crippen molar-refractivity contribution in [1.29, 1.82) is 0 Å². The molecule has 4 aromatic rings. The summed E-state index contributed by atoms with van der Waals surface area (Å²) < 4.78 is 7.68. The van der Waals surface area contributed by atoms with Gasteiger partial charge in [0, 0.05) is 23.8 Å². The van der Waals surface area contributed by atoms with E-state index in [0.29, 0.717) is 22.2 Å². The maximum absolute atomic E-state index is 12.7. The van der Waals surface area contributed by atoms with Crippen LogP contribution in [-0.4, -0.2) is 26.8 Å². The number of fused-ring (bicyclic) bond motifs is 1. The van der Waals surface area contributed by atoms with Crippen molar-refractivity contribution in [3.63, 3.8) is 0 Å². The zero-order chi connectivity index (χ0) is 22.1. The molecule has 0 radical (unpaired) electrons. The van der Waals surface area contributed by atoms with Crippen molar-refractivity contribution in [2.24, 2.45) is 7.05 Å². The highest BCUT2D eigenvalue weighted by atomic mass is 35.5. The van der Waals surface area contributed by atoms with Crippen molar-refractivity contribution in [3.05, 3.63) is 70.9 Å². The molecule has 2 aromatic carbocycles. The maximum atomic E-state index is 12.7. The molecule has 2 heterocycles. The fourth-order valence-corrected chi connectivity index (χ4v) is 3.71. The van der Waals surface area contributed by atoms with Gasteiger partial charge in [0.2, 0.25) is 5.88 Å². The van der Waals surface area contributed by atoms with Crippen LogP contribution in [0, 0.1) is 13.8 Å². The second-order valence-electron chi connectivity index (χ2n) is 7.44. The Kier molecular flexibility index (Phi) is 5.65. The van der Waals surface area contributed by atoms with Crippen molar-refractivity contribution >= 4 is 34.2 Å². The van der Waals surface area contributed by atoms with Crippen LogP contribution in [0.3, 0.4) is 0 Å². The van der Waals surface area contributed by atoms with Crippen LogP contribution in [0.5, 0.6) is 5.88 Å². The maximum Gasteiger partial charge on any atom is 0.265 e. The minimum atomic E-state index is -0.763. The van der Waals surface area contributed by atoms with Crippen LogP contribution in [0.2, 0.25) is 5.02 Å². The highest BCUT2D eigenvalue weighted by molar-refractivity contribution is 6.31. The van der Waals surface area contributed by atoms with Crippen LogP contribution < -0.4 is 10.1 Å². The predicted octanol–water partition coefficient (Wildman–Crippen LogP) is 5.31. The lowest BCUT2D eigenvalue weighted by atomic mass is 10.0. The molecule has 1 amide bonds. The van der Waals surface area contributed by atoms with Gasteiger partial charge < -0.3 is 10.1 Å². The smallest absolute Gasteiger partial charge is 0.265 e. The first kappa shape index (κ1) is 20.9. The van der Waals surface area contributed by atoms with Gasteiger partial charge in [0.25, 0.3) is 5.91 Å². The molecule has 7 heteroatoms. The van der Waals surface area contributed by atoms with Gasteiger partial charge in [0.05, 0.1) is 11.1 Å².